The Morgan fingerprint density at radius 2 is 2.11 bits per heavy atom. The summed E-state index contributed by atoms with van der Waals surface area (Å²) in [6, 6.07) is 6.55. The third kappa shape index (κ3) is 2.54. The van der Waals surface area contributed by atoms with Crippen LogP contribution in [0, 0.1) is 6.92 Å². The van der Waals surface area contributed by atoms with Gasteiger partial charge in [0, 0.05) is 32.7 Å². The highest BCUT2D eigenvalue weighted by molar-refractivity contribution is 5.75. The van der Waals surface area contributed by atoms with Gasteiger partial charge in [-0.15, -0.1) is 0 Å². The average molecular weight is 244 g/mol. The first-order valence-corrected chi connectivity index (χ1v) is 6.69. The molecule has 1 aliphatic rings. The molecule has 18 heavy (non-hydrogen) atoms. The Kier molecular flexibility index (Phi) is 3.30. The van der Waals surface area contributed by atoms with E-state index in [4.69, 9.17) is 0 Å². The van der Waals surface area contributed by atoms with Gasteiger partial charge >= 0.3 is 0 Å². The molecule has 3 rings (SSSR count). The molecular weight excluding hydrogens is 224 g/mol. The molecule has 1 fully saturated rings. The van der Waals surface area contributed by atoms with Crippen molar-refractivity contribution in [3.05, 3.63) is 29.6 Å². The molecule has 0 atom stereocenters. The van der Waals surface area contributed by atoms with Gasteiger partial charge in [0.2, 0.25) is 0 Å². The monoisotopic (exact) mass is 244 g/mol. The van der Waals surface area contributed by atoms with Crippen molar-refractivity contribution in [2.75, 3.05) is 32.7 Å². The molecule has 0 unspecified atom stereocenters. The SMILES string of the molecule is Cc1nc2ccc(CCN3CCNCC3)cc2[nH]1. The quantitative estimate of drug-likeness (QED) is 0.856. The van der Waals surface area contributed by atoms with Crippen molar-refractivity contribution < 1.29 is 0 Å². The van der Waals surface area contributed by atoms with Crippen LogP contribution in [0.1, 0.15) is 11.4 Å². The first kappa shape index (κ1) is 11.7. The lowest BCUT2D eigenvalue weighted by molar-refractivity contribution is 0.244. The smallest absolute Gasteiger partial charge is 0.104 e. The maximum absolute atomic E-state index is 4.43. The number of hydrogen-bond acceptors (Lipinski definition) is 3. The zero-order valence-corrected chi connectivity index (χ0v) is 10.9. The van der Waals surface area contributed by atoms with E-state index in [0.717, 1.165) is 42.9 Å². The first-order valence-electron chi connectivity index (χ1n) is 6.69. The van der Waals surface area contributed by atoms with E-state index in [2.05, 4.69) is 38.4 Å². The predicted octanol–water partition coefficient (Wildman–Crippen LogP) is 1.32. The predicted molar refractivity (Wildman–Crippen MR) is 73.8 cm³/mol. The molecule has 2 heterocycles. The summed E-state index contributed by atoms with van der Waals surface area (Å²) in [5, 5.41) is 3.38. The van der Waals surface area contributed by atoms with E-state index in [1.165, 1.54) is 18.7 Å². The van der Waals surface area contributed by atoms with E-state index >= 15 is 0 Å². The Bertz CT molecular complexity index is 526. The fourth-order valence-electron chi connectivity index (χ4n) is 2.56. The number of fused-ring (bicyclic) bond motifs is 1. The summed E-state index contributed by atoms with van der Waals surface area (Å²) in [5.74, 6) is 0.990. The molecule has 2 aromatic rings. The normalized spacial score (nSPS) is 17.4. The number of imidazole rings is 1. The van der Waals surface area contributed by atoms with Gasteiger partial charge in [-0.05, 0) is 31.0 Å². The lowest BCUT2D eigenvalue weighted by Crippen LogP contribution is -2.44. The zero-order chi connectivity index (χ0) is 12.4. The van der Waals surface area contributed by atoms with Crippen molar-refractivity contribution >= 4 is 11.0 Å². The average Bonchev–Trinajstić information content (AvgIpc) is 2.77. The standard InChI is InChI=1S/C14H20N4/c1-11-16-13-3-2-12(10-14(13)17-11)4-7-18-8-5-15-6-9-18/h2-3,10,15H,4-9H2,1H3,(H,16,17). The van der Waals surface area contributed by atoms with E-state index in [1.807, 2.05) is 6.92 Å². The maximum Gasteiger partial charge on any atom is 0.104 e. The molecule has 1 aromatic heterocycles. The van der Waals surface area contributed by atoms with Crippen molar-refractivity contribution in [2.45, 2.75) is 13.3 Å². The van der Waals surface area contributed by atoms with Crippen LogP contribution in [0.2, 0.25) is 0 Å². The Labute approximate surface area is 107 Å². The van der Waals surface area contributed by atoms with Crippen molar-refractivity contribution in [3.8, 4) is 0 Å². The van der Waals surface area contributed by atoms with Gasteiger partial charge in [-0.1, -0.05) is 6.07 Å². The third-order valence-electron chi connectivity index (χ3n) is 3.59. The summed E-state index contributed by atoms with van der Waals surface area (Å²) in [6.45, 7) is 7.75. The second-order valence-corrected chi connectivity index (χ2v) is 5.02. The van der Waals surface area contributed by atoms with Crippen molar-refractivity contribution in [1.29, 1.82) is 0 Å². The van der Waals surface area contributed by atoms with Crippen LogP contribution in [0.3, 0.4) is 0 Å². The Morgan fingerprint density at radius 3 is 2.94 bits per heavy atom. The Morgan fingerprint density at radius 1 is 1.28 bits per heavy atom. The van der Waals surface area contributed by atoms with E-state index in [1.54, 1.807) is 0 Å². The van der Waals surface area contributed by atoms with Crippen molar-refractivity contribution in [1.82, 2.24) is 20.2 Å². The van der Waals surface area contributed by atoms with Gasteiger partial charge < -0.3 is 15.2 Å². The molecule has 1 aliphatic heterocycles. The van der Waals surface area contributed by atoms with Gasteiger partial charge in [0.1, 0.15) is 5.82 Å². The molecule has 0 radical (unpaired) electrons. The Balaban J connectivity index is 1.66. The minimum absolute atomic E-state index is 0.990. The number of rotatable bonds is 3. The summed E-state index contributed by atoms with van der Waals surface area (Å²) < 4.78 is 0. The lowest BCUT2D eigenvalue weighted by Gasteiger charge is -2.27. The summed E-state index contributed by atoms with van der Waals surface area (Å²) in [5.41, 5.74) is 3.62. The maximum atomic E-state index is 4.43. The molecule has 0 saturated carbocycles. The van der Waals surface area contributed by atoms with E-state index in [0.29, 0.717) is 0 Å². The summed E-state index contributed by atoms with van der Waals surface area (Å²) in [6.07, 6.45) is 1.12. The van der Waals surface area contributed by atoms with Crippen LogP contribution in [-0.4, -0.2) is 47.6 Å². The zero-order valence-electron chi connectivity index (χ0n) is 10.9. The molecule has 0 aliphatic carbocycles. The highest BCUT2D eigenvalue weighted by atomic mass is 15.2. The second kappa shape index (κ2) is 5.08. The van der Waals surface area contributed by atoms with Crippen LogP contribution in [0.15, 0.2) is 18.2 Å². The first-order chi connectivity index (χ1) is 8.81. The molecule has 0 amide bonds. The molecule has 4 heteroatoms. The number of H-pyrrole nitrogens is 1. The van der Waals surface area contributed by atoms with Crippen molar-refractivity contribution in [2.24, 2.45) is 0 Å². The number of benzene rings is 1. The summed E-state index contributed by atoms with van der Waals surface area (Å²) >= 11 is 0. The van der Waals surface area contributed by atoms with Gasteiger partial charge in [-0.3, -0.25) is 0 Å². The van der Waals surface area contributed by atoms with Gasteiger partial charge in [-0.25, -0.2) is 4.98 Å². The highest BCUT2D eigenvalue weighted by Crippen LogP contribution is 2.14. The molecule has 1 aromatic carbocycles. The molecule has 1 saturated heterocycles. The van der Waals surface area contributed by atoms with Crippen LogP contribution >= 0.6 is 0 Å². The van der Waals surface area contributed by atoms with Crippen LogP contribution in [0.4, 0.5) is 0 Å². The number of hydrogen-bond donors (Lipinski definition) is 2. The number of aromatic nitrogens is 2. The van der Waals surface area contributed by atoms with Crippen LogP contribution < -0.4 is 5.32 Å². The lowest BCUT2D eigenvalue weighted by atomic mass is 10.1. The fourth-order valence-corrected chi connectivity index (χ4v) is 2.56. The van der Waals surface area contributed by atoms with Gasteiger partial charge in [0.25, 0.3) is 0 Å². The Hall–Kier alpha value is -1.39. The minimum Gasteiger partial charge on any atom is -0.342 e. The molecular formula is C14H20N4. The second-order valence-electron chi connectivity index (χ2n) is 5.02. The highest BCUT2D eigenvalue weighted by Gasteiger charge is 2.09. The molecule has 0 spiro atoms. The minimum atomic E-state index is 0.990. The molecule has 4 nitrogen and oxygen atoms in total. The van der Waals surface area contributed by atoms with Crippen LogP contribution in [-0.2, 0) is 6.42 Å². The third-order valence-corrected chi connectivity index (χ3v) is 3.59. The molecule has 96 valence electrons. The van der Waals surface area contributed by atoms with Gasteiger partial charge in [0.05, 0.1) is 11.0 Å². The van der Waals surface area contributed by atoms with Crippen LogP contribution in [0.5, 0.6) is 0 Å². The number of nitrogens with zero attached hydrogens (tertiary/aromatic N) is 2. The van der Waals surface area contributed by atoms with E-state index < -0.39 is 0 Å². The topological polar surface area (TPSA) is 44.0 Å². The molecule has 0 bridgehead atoms. The number of aromatic amines is 1. The number of nitrogens with one attached hydrogen (secondary N) is 2. The van der Waals surface area contributed by atoms with Gasteiger partial charge in [-0.2, -0.15) is 0 Å². The number of piperazine rings is 1. The number of aryl methyl sites for hydroxylation is 1. The van der Waals surface area contributed by atoms with Gasteiger partial charge in [0.15, 0.2) is 0 Å². The fraction of sp³-hybridized carbons (Fsp3) is 0.500. The van der Waals surface area contributed by atoms with Crippen LogP contribution in [0.25, 0.3) is 11.0 Å². The van der Waals surface area contributed by atoms with E-state index in [9.17, 15) is 0 Å². The summed E-state index contributed by atoms with van der Waals surface area (Å²) in [4.78, 5) is 10.3. The van der Waals surface area contributed by atoms with Crippen molar-refractivity contribution in [3.63, 3.8) is 0 Å². The summed E-state index contributed by atoms with van der Waals surface area (Å²) in [7, 11) is 0. The van der Waals surface area contributed by atoms with E-state index in [-0.39, 0.29) is 0 Å². The molecule has 2 N–H and O–H groups in total. The largest absolute Gasteiger partial charge is 0.342 e.